The van der Waals surface area contributed by atoms with Crippen LogP contribution in [0.25, 0.3) is 11.1 Å². The summed E-state index contributed by atoms with van der Waals surface area (Å²) in [5, 5.41) is 0. The van der Waals surface area contributed by atoms with Gasteiger partial charge in [0.2, 0.25) is 6.71 Å². The molecule has 0 bridgehead atoms. The van der Waals surface area contributed by atoms with Gasteiger partial charge in [-0.2, -0.15) is 0 Å². The fraction of sp³-hybridized carbons (Fsp3) is 0.438. The van der Waals surface area contributed by atoms with Crippen LogP contribution in [-0.4, -0.2) is 6.71 Å². The predicted octanol–water partition coefficient (Wildman–Crippen LogP) is 15.0. The normalized spacial score (nSPS) is 19.4. The number of hydrogen-bond donors (Lipinski definition) is 0. The number of aryl methyl sites for hydroxylation is 4. The van der Waals surface area contributed by atoms with E-state index in [1.165, 1.54) is 97.8 Å². The van der Waals surface area contributed by atoms with Crippen molar-refractivity contribution in [1.29, 1.82) is 0 Å². The molecule has 65 heavy (non-hydrogen) atoms. The van der Waals surface area contributed by atoms with Crippen molar-refractivity contribution in [3.05, 3.63) is 182 Å². The summed E-state index contributed by atoms with van der Waals surface area (Å²) in [5.41, 5.74) is 27.1. The van der Waals surface area contributed by atoms with Gasteiger partial charge < -0.3 is 0 Å². The van der Waals surface area contributed by atoms with E-state index in [-0.39, 0.29) is 45.6 Å². The highest BCUT2D eigenvalue weighted by molar-refractivity contribution is 6.97. The second-order valence-electron chi connectivity index (χ2n) is 24.8. The molecular formula is C64H77B. The zero-order valence-corrected chi connectivity index (χ0v) is 42.9. The maximum Gasteiger partial charge on any atom is 0.242 e. The lowest BCUT2D eigenvalue weighted by Crippen LogP contribution is -2.60. The van der Waals surface area contributed by atoms with Gasteiger partial charge in [0.05, 0.1) is 0 Å². The summed E-state index contributed by atoms with van der Waals surface area (Å²) in [4.78, 5) is 0. The first kappa shape index (κ1) is 45.5. The number of hydrogen-bond acceptors (Lipinski definition) is 0. The molecule has 1 aliphatic heterocycles. The van der Waals surface area contributed by atoms with E-state index in [0.717, 1.165) is 12.8 Å². The molecular weight excluding hydrogens is 780 g/mol. The summed E-state index contributed by atoms with van der Waals surface area (Å²) in [6.45, 7) is 36.8. The molecule has 2 unspecified atom stereocenters. The summed E-state index contributed by atoms with van der Waals surface area (Å²) >= 11 is 0. The first-order valence-electron chi connectivity index (χ1n) is 25.2. The van der Waals surface area contributed by atoms with E-state index in [9.17, 15) is 0 Å². The van der Waals surface area contributed by atoms with E-state index < -0.39 is 0 Å². The minimum Gasteiger partial charge on any atom is -0.0664 e. The molecule has 336 valence electrons. The van der Waals surface area contributed by atoms with Gasteiger partial charge in [0.25, 0.3) is 0 Å². The molecule has 6 aromatic carbocycles. The molecule has 6 aromatic rings. The Bertz CT molecular complexity index is 2800. The van der Waals surface area contributed by atoms with Crippen LogP contribution in [0.4, 0.5) is 0 Å². The standard InChI is InChI=1S/C64H77B/c1-40-33-42(3)59-52(34-40)49(26-23-45-35-47(22-21-41(45)2)44-19-17-16-18-20-44)51-37-48(60(5,6)7)25-28-57(51)65(59)58-39-56-55(63(12,13)31-32-64(56,14)15)38-50(58)43(4)46-24-27-53-54(36-46)62(10,11)30-29-61(53,8)9/h16-22,24-25,27-28,33-39,43,49H,23,26,29-32H2,1-15H3. The van der Waals surface area contributed by atoms with Crippen molar-refractivity contribution in [3.8, 4) is 11.1 Å². The Kier molecular flexibility index (Phi) is 11.2. The molecule has 0 nitrogen and oxygen atoms in total. The van der Waals surface area contributed by atoms with Crippen LogP contribution in [0.5, 0.6) is 0 Å². The third kappa shape index (κ3) is 8.10. The highest BCUT2D eigenvalue weighted by Gasteiger charge is 2.44. The highest BCUT2D eigenvalue weighted by atomic mass is 14.4. The highest BCUT2D eigenvalue weighted by Crippen LogP contribution is 2.49. The van der Waals surface area contributed by atoms with Crippen LogP contribution < -0.4 is 16.4 Å². The molecule has 0 amide bonds. The Morgan fingerprint density at radius 1 is 0.554 bits per heavy atom. The maximum atomic E-state index is 2.75. The Hall–Kier alpha value is -4.62. The first-order chi connectivity index (χ1) is 30.5. The summed E-state index contributed by atoms with van der Waals surface area (Å²) in [6, 6.07) is 43.9. The van der Waals surface area contributed by atoms with Gasteiger partial charge in [-0.05, 0) is 159 Å². The fourth-order valence-electron chi connectivity index (χ4n) is 12.6. The molecule has 0 spiro atoms. The Morgan fingerprint density at radius 2 is 1.17 bits per heavy atom. The van der Waals surface area contributed by atoms with Crippen molar-refractivity contribution >= 4 is 23.1 Å². The van der Waals surface area contributed by atoms with Crippen molar-refractivity contribution in [2.75, 3.05) is 0 Å². The number of rotatable bonds is 7. The molecule has 0 fully saturated rings. The second-order valence-corrected chi connectivity index (χ2v) is 24.8. The van der Waals surface area contributed by atoms with Crippen LogP contribution in [0.2, 0.25) is 0 Å². The van der Waals surface area contributed by atoms with Gasteiger partial charge in [0.1, 0.15) is 0 Å². The van der Waals surface area contributed by atoms with Gasteiger partial charge in [-0.1, -0.05) is 220 Å². The Morgan fingerprint density at radius 3 is 1.82 bits per heavy atom. The van der Waals surface area contributed by atoms with E-state index in [1.807, 2.05) is 0 Å². The average molecular weight is 857 g/mol. The molecule has 2 aliphatic carbocycles. The molecule has 1 heteroatoms. The molecule has 2 atom stereocenters. The van der Waals surface area contributed by atoms with Crippen molar-refractivity contribution < 1.29 is 0 Å². The molecule has 0 saturated heterocycles. The van der Waals surface area contributed by atoms with E-state index in [4.69, 9.17) is 0 Å². The van der Waals surface area contributed by atoms with Gasteiger partial charge >= 0.3 is 0 Å². The lowest BCUT2D eigenvalue weighted by Gasteiger charge is -2.44. The van der Waals surface area contributed by atoms with Gasteiger partial charge in [-0.25, -0.2) is 0 Å². The second kappa shape index (κ2) is 16.0. The van der Waals surface area contributed by atoms with E-state index in [1.54, 1.807) is 27.7 Å². The van der Waals surface area contributed by atoms with Crippen molar-refractivity contribution in [2.45, 2.75) is 181 Å². The molecule has 3 aliphatic rings. The minimum atomic E-state index is 0.0361. The van der Waals surface area contributed by atoms with Gasteiger partial charge in [0.15, 0.2) is 0 Å². The zero-order chi connectivity index (χ0) is 46.6. The lowest BCUT2D eigenvalue weighted by molar-refractivity contribution is 0.331. The summed E-state index contributed by atoms with van der Waals surface area (Å²) in [7, 11) is 0. The van der Waals surface area contributed by atoms with Crippen molar-refractivity contribution in [3.63, 3.8) is 0 Å². The molecule has 9 rings (SSSR count). The van der Waals surface area contributed by atoms with Crippen molar-refractivity contribution in [1.82, 2.24) is 0 Å². The smallest absolute Gasteiger partial charge is 0.0664 e. The molecule has 0 N–H and O–H groups in total. The molecule has 0 saturated carbocycles. The van der Waals surface area contributed by atoms with E-state index >= 15 is 0 Å². The van der Waals surface area contributed by atoms with Crippen LogP contribution >= 0.6 is 0 Å². The Labute approximate surface area is 395 Å². The summed E-state index contributed by atoms with van der Waals surface area (Å²) in [5.74, 6) is 0.517. The largest absolute Gasteiger partial charge is 0.242 e. The lowest BCUT2D eigenvalue weighted by atomic mass is 9.30. The van der Waals surface area contributed by atoms with E-state index in [2.05, 4.69) is 213 Å². The van der Waals surface area contributed by atoms with Crippen LogP contribution in [-0.2, 0) is 33.5 Å². The van der Waals surface area contributed by atoms with Crippen LogP contribution in [0.1, 0.15) is 199 Å². The zero-order valence-electron chi connectivity index (χ0n) is 42.9. The predicted molar refractivity (Wildman–Crippen MR) is 283 cm³/mol. The average Bonchev–Trinajstić information content (AvgIpc) is 3.25. The van der Waals surface area contributed by atoms with E-state index in [0.29, 0.717) is 0 Å². The van der Waals surface area contributed by atoms with Gasteiger partial charge in [0, 0.05) is 11.8 Å². The van der Waals surface area contributed by atoms with Crippen LogP contribution in [0, 0.1) is 20.8 Å². The maximum absolute atomic E-state index is 2.75. The van der Waals surface area contributed by atoms with Crippen molar-refractivity contribution in [2.24, 2.45) is 0 Å². The fourth-order valence-corrected chi connectivity index (χ4v) is 12.6. The minimum absolute atomic E-state index is 0.0361. The topological polar surface area (TPSA) is 0 Å². The third-order valence-corrected chi connectivity index (χ3v) is 17.2. The number of benzene rings is 6. The quantitative estimate of drug-likeness (QED) is 0.140. The SMILES string of the molecule is Cc1cc(C)c2c(c1)C(CCc1cc(-c3ccccc3)ccc1C)c1cc(C(C)(C)C)ccc1B2c1cc2c(cc1C(C)c1ccc3c(c1)C(C)(C)CCC3(C)C)C(C)(C)CCC2(C)C. The third-order valence-electron chi connectivity index (χ3n) is 17.2. The summed E-state index contributed by atoms with van der Waals surface area (Å²) < 4.78 is 0. The summed E-state index contributed by atoms with van der Waals surface area (Å²) in [6.07, 6.45) is 6.97. The van der Waals surface area contributed by atoms with Crippen LogP contribution in [0.15, 0.2) is 109 Å². The molecule has 0 radical (unpaired) electrons. The molecule has 0 aromatic heterocycles. The number of fused-ring (bicyclic) bond motifs is 4. The van der Waals surface area contributed by atoms with Gasteiger partial charge in [-0.15, -0.1) is 0 Å². The monoisotopic (exact) mass is 857 g/mol. The van der Waals surface area contributed by atoms with Crippen LogP contribution in [0.3, 0.4) is 0 Å². The van der Waals surface area contributed by atoms with Gasteiger partial charge in [-0.3, -0.25) is 0 Å². The Balaban J connectivity index is 1.27. The molecule has 1 heterocycles. The first-order valence-corrected chi connectivity index (χ1v) is 25.2.